The summed E-state index contributed by atoms with van der Waals surface area (Å²) in [6.07, 6.45) is -0.651. The molecule has 4 rings (SSSR count). The van der Waals surface area contributed by atoms with Gasteiger partial charge in [-0.2, -0.15) is 0 Å². The summed E-state index contributed by atoms with van der Waals surface area (Å²) in [6, 6.07) is 0. The number of fused-ring (bicyclic) bond motifs is 1. The van der Waals surface area contributed by atoms with Gasteiger partial charge in [-0.15, -0.1) is 0 Å². The van der Waals surface area contributed by atoms with E-state index in [4.69, 9.17) is 15.6 Å². The number of hydrogen-bond acceptors (Lipinski definition) is 9. The van der Waals surface area contributed by atoms with Crippen LogP contribution in [0, 0.1) is 17.8 Å². The number of nitrogen functional groups attached to an aromatic ring is 1. The summed E-state index contributed by atoms with van der Waals surface area (Å²) in [5.74, 6) is 4.95. The van der Waals surface area contributed by atoms with Gasteiger partial charge >= 0.3 is 5.97 Å². The number of ether oxygens (including phenoxy) is 1. The van der Waals surface area contributed by atoms with E-state index in [-0.39, 0.29) is 22.8 Å². The van der Waals surface area contributed by atoms with Gasteiger partial charge in [-0.05, 0) is 37.5 Å². The second kappa shape index (κ2) is 8.05. The van der Waals surface area contributed by atoms with Crippen molar-refractivity contribution in [2.45, 2.75) is 69.2 Å². The first-order valence-corrected chi connectivity index (χ1v) is 10.2. The third kappa shape index (κ3) is 3.95. The fourth-order valence-corrected chi connectivity index (χ4v) is 4.13. The maximum Gasteiger partial charge on any atom is 0.335 e. The molecule has 2 aliphatic rings. The highest BCUT2D eigenvalue weighted by molar-refractivity contribution is 5.82. The number of carboxylic acid groups (broad SMARTS) is 1. The van der Waals surface area contributed by atoms with Crippen molar-refractivity contribution >= 4 is 23.0 Å². The lowest BCUT2D eigenvalue weighted by molar-refractivity contribution is -0.155. The third-order valence-corrected chi connectivity index (χ3v) is 6.12. The Balaban J connectivity index is 1.65. The minimum atomic E-state index is -1.62. The molecule has 2 aromatic rings. The number of nitrogens with zero attached hydrogens (tertiary/aromatic N) is 4. The van der Waals surface area contributed by atoms with Crippen molar-refractivity contribution in [2.24, 2.45) is 5.92 Å². The van der Waals surface area contributed by atoms with E-state index >= 15 is 0 Å². The van der Waals surface area contributed by atoms with Crippen molar-refractivity contribution in [2.75, 3.05) is 5.73 Å². The molecule has 11 heteroatoms. The zero-order valence-electron chi connectivity index (χ0n) is 17.0. The number of aliphatic hydroxyl groups is 3. The highest BCUT2D eigenvalue weighted by Crippen LogP contribution is 2.34. The monoisotopic (exact) mass is 431 g/mol. The number of aromatic nitrogens is 4. The average Bonchev–Trinajstić information content (AvgIpc) is 3.29. The molecule has 166 valence electrons. The van der Waals surface area contributed by atoms with Crippen LogP contribution in [0.2, 0.25) is 0 Å². The number of imidazole rings is 1. The molecule has 1 aliphatic carbocycles. The van der Waals surface area contributed by atoms with E-state index in [1.165, 1.54) is 10.9 Å². The maximum atomic E-state index is 11.2. The van der Waals surface area contributed by atoms with Gasteiger partial charge < -0.3 is 30.9 Å². The van der Waals surface area contributed by atoms with Gasteiger partial charge in [0.1, 0.15) is 23.3 Å². The summed E-state index contributed by atoms with van der Waals surface area (Å²) in [5.41, 5.74) is 5.26. The average molecular weight is 431 g/mol. The Morgan fingerprint density at radius 3 is 2.65 bits per heavy atom. The number of carboxylic acids is 1. The van der Waals surface area contributed by atoms with Crippen molar-refractivity contribution in [1.82, 2.24) is 19.5 Å². The molecule has 1 saturated heterocycles. The van der Waals surface area contributed by atoms with Crippen molar-refractivity contribution in [3.05, 3.63) is 12.2 Å². The first kappa shape index (κ1) is 21.5. The molecule has 0 bridgehead atoms. The second-order valence-electron chi connectivity index (χ2n) is 8.16. The van der Waals surface area contributed by atoms with Crippen molar-refractivity contribution < 1.29 is 30.0 Å². The number of aliphatic carboxylic acids is 1. The first-order valence-electron chi connectivity index (χ1n) is 10.2. The van der Waals surface area contributed by atoms with Gasteiger partial charge in [0.05, 0.1) is 6.33 Å². The summed E-state index contributed by atoms with van der Waals surface area (Å²) >= 11 is 0. The standard InChI is InChI=1S/C20H25N5O6/c1-2-10-3-6-20(30,7-4-10)8-5-11-23-16(21)12-17(24-11)25(9-22-12)18-14(27)13(26)15(31-18)19(28)29/h9-10,13-15,18,26-27,30H,2-4,6-7H2,1H3,(H,28,29)(H2,21,23,24). The molecule has 0 radical (unpaired) electrons. The van der Waals surface area contributed by atoms with E-state index < -0.39 is 36.1 Å². The second-order valence-corrected chi connectivity index (χ2v) is 8.16. The van der Waals surface area contributed by atoms with Crippen LogP contribution in [0.5, 0.6) is 0 Å². The fraction of sp³-hybridized carbons (Fsp3) is 0.600. The van der Waals surface area contributed by atoms with E-state index in [1.807, 2.05) is 0 Å². The summed E-state index contributed by atoms with van der Waals surface area (Å²) in [6.45, 7) is 2.14. The first-order chi connectivity index (χ1) is 14.7. The molecule has 31 heavy (non-hydrogen) atoms. The Morgan fingerprint density at radius 1 is 1.32 bits per heavy atom. The van der Waals surface area contributed by atoms with E-state index in [2.05, 4.69) is 33.7 Å². The molecule has 0 spiro atoms. The Kier molecular flexibility index (Phi) is 5.57. The van der Waals surface area contributed by atoms with Crippen LogP contribution in [-0.2, 0) is 9.53 Å². The lowest BCUT2D eigenvalue weighted by atomic mass is 9.78. The number of aliphatic hydroxyl groups excluding tert-OH is 2. The van der Waals surface area contributed by atoms with Crippen LogP contribution < -0.4 is 5.73 Å². The molecule has 2 aromatic heterocycles. The van der Waals surface area contributed by atoms with E-state index in [0.717, 1.165) is 19.3 Å². The quantitative estimate of drug-likeness (QED) is 0.409. The molecular weight excluding hydrogens is 406 g/mol. The van der Waals surface area contributed by atoms with E-state index in [0.29, 0.717) is 18.8 Å². The molecule has 2 fully saturated rings. The van der Waals surface area contributed by atoms with Crippen molar-refractivity contribution in [3.8, 4) is 11.8 Å². The third-order valence-electron chi connectivity index (χ3n) is 6.12. The molecule has 0 amide bonds. The highest BCUT2D eigenvalue weighted by Gasteiger charge is 2.48. The SMILES string of the molecule is CCC1CCC(O)(C#Cc2nc(N)c3ncn(C4OC(C(=O)O)C(O)C4O)c3n2)CC1. The summed E-state index contributed by atoms with van der Waals surface area (Å²) in [5, 5.41) is 40.2. The minimum absolute atomic E-state index is 0.0394. The Morgan fingerprint density at radius 2 is 2.03 bits per heavy atom. The summed E-state index contributed by atoms with van der Waals surface area (Å²) < 4.78 is 6.61. The van der Waals surface area contributed by atoms with Gasteiger partial charge in [-0.1, -0.05) is 19.3 Å². The van der Waals surface area contributed by atoms with Crippen LogP contribution in [0.25, 0.3) is 11.2 Å². The normalized spacial score (nSPS) is 33.2. The topological polar surface area (TPSA) is 177 Å². The van der Waals surface area contributed by atoms with Gasteiger partial charge in [0, 0.05) is 0 Å². The van der Waals surface area contributed by atoms with Gasteiger partial charge in [0.25, 0.3) is 0 Å². The maximum absolute atomic E-state index is 11.2. The van der Waals surface area contributed by atoms with E-state index in [9.17, 15) is 20.1 Å². The van der Waals surface area contributed by atoms with Crippen molar-refractivity contribution in [1.29, 1.82) is 0 Å². The van der Waals surface area contributed by atoms with Crippen LogP contribution in [0.1, 0.15) is 51.1 Å². The minimum Gasteiger partial charge on any atom is -0.479 e. The zero-order chi connectivity index (χ0) is 22.3. The predicted octanol–water partition coefficient (Wildman–Crippen LogP) is -0.205. The molecule has 4 atom stereocenters. The van der Waals surface area contributed by atoms with Gasteiger partial charge in [-0.3, -0.25) is 4.57 Å². The Hall–Kier alpha value is -2.78. The van der Waals surface area contributed by atoms with Gasteiger partial charge in [-0.25, -0.2) is 19.7 Å². The summed E-state index contributed by atoms with van der Waals surface area (Å²) in [4.78, 5) is 23.8. The lowest BCUT2D eigenvalue weighted by Gasteiger charge is -2.31. The van der Waals surface area contributed by atoms with Crippen molar-refractivity contribution in [3.63, 3.8) is 0 Å². The number of carbonyl (C=O) groups is 1. The van der Waals surface area contributed by atoms with Gasteiger partial charge in [0.2, 0.25) is 5.82 Å². The molecule has 0 aromatic carbocycles. The van der Waals surface area contributed by atoms with Crippen LogP contribution in [0.4, 0.5) is 5.82 Å². The van der Waals surface area contributed by atoms with Crippen LogP contribution >= 0.6 is 0 Å². The van der Waals surface area contributed by atoms with Crippen LogP contribution in [0.3, 0.4) is 0 Å². The zero-order valence-corrected chi connectivity index (χ0v) is 17.0. The Bertz CT molecular complexity index is 1050. The molecule has 3 heterocycles. The lowest BCUT2D eigenvalue weighted by Crippen LogP contribution is -2.35. The molecule has 4 unspecified atom stereocenters. The summed E-state index contributed by atoms with van der Waals surface area (Å²) in [7, 11) is 0. The molecule has 6 N–H and O–H groups in total. The molecule has 1 aliphatic heterocycles. The number of anilines is 1. The van der Waals surface area contributed by atoms with Gasteiger partial charge in [0.15, 0.2) is 23.8 Å². The van der Waals surface area contributed by atoms with Crippen LogP contribution in [-0.4, -0.2) is 69.8 Å². The Labute approximate surface area is 177 Å². The smallest absolute Gasteiger partial charge is 0.335 e. The highest BCUT2D eigenvalue weighted by atomic mass is 16.6. The fourth-order valence-electron chi connectivity index (χ4n) is 4.13. The van der Waals surface area contributed by atoms with Crippen LogP contribution in [0.15, 0.2) is 6.33 Å². The number of rotatable bonds is 3. The molecular formula is C20H25N5O6. The number of nitrogens with two attached hydrogens (primary N) is 1. The van der Waals surface area contributed by atoms with E-state index in [1.54, 1.807) is 0 Å². The molecule has 11 nitrogen and oxygen atoms in total. The molecule has 1 saturated carbocycles. The largest absolute Gasteiger partial charge is 0.479 e. The predicted molar refractivity (Wildman–Crippen MR) is 107 cm³/mol. The number of hydrogen-bond donors (Lipinski definition) is 5.